The zero-order chi connectivity index (χ0) is 51.4. The van der Waals surface area contributed by atoms with Gasteiger partial charge in [0.15, 0.2) is 6.10 Å². The number of carbonyl (C=O) groups excluding carboxylic acids is 3. The fraction of sp³-hybridized carbons (Fsp3) is 0.800. The number of rotatable bonds is 56. The molecule has 0 amide bonds. The monoisotopic (exact) mass is 993 g/mol. The van der Waals surface area contributed by atoms with E-state index in [2.05, 4.69) is 81.5 Å². The van der Waals surface area contributed by atoms with Gasteiger partial charge in [-0.1, -0.05) is 248 Å². The summed E-state index contributed by atoms with van der Waals surface area (Å²) >= 11 is 0. The van der Waals surface area contributed by atoms with Crippen molar-refractivity contribution in [3.63, 3.8) is 0 Å². The van der Waals surface area contributed by atoms with Crippen LogP contribution in [-0.4, -0.2) is 37.2 Å². The second-order valence-corrected chi connectivity index (χ2v) is 20.6. The largest absolute Gasteiger partial charge is 0.462 e. The third-order valence-corrected chi connectivity index (χ3v) is 13.5. The van der Waals surface area contributed by atoms with Crippen molar-refractivity contribution in [2.45, 2.75) is 322 Å². The Hall–Kier alpha value is -2.89. The molecule has 71 heavy (non-hydrogen) atoms. The molecule has 0 aliphatic carbocycles. The lowest BCUT2D eigenvalue weighted by Gasteiger charge is -2.18. The van der Waals surface area contributed by atoms with Crippen LogP contribution < -0.4 is 0 Å². The molecule has 0 N–H and O–H groups in total. The number of ether oxygens (including phenoxy) is 3. The first-order chi connectivity index (χ1) is 35.0. The Morgan fingerprint density at radius 2 is 0.507 bits per heavy atom. The summed E-state index contributed by atoms with van der Waals surface area (Å²) in [5.74, 6) is -0.893. The Morgan fingerprint density at radius 3 is 0.831 bits per heavy atom. The van der Waals surface area contributed by atoms with Gasteiger partial charge >= 0.3 is 17.9 Å². The molecule has 0 aromatic rings. The maximum absolute atomic E-state index is 12.9. The summed E-state index contributed by atoms with van der Waals surface area (Å²) in [7, 11) is 0. The lowest BCUT2D eigenvalue weighted by atomic mass is 10.0. The quantitative estimate of drug-likeness (QED) is 0.0261. The van der Waals surface area contributed by atoms with E-state index in [0.717, 1.165) is 96.3 Å². The fourth-order valence-electron chi connectivity index (χ4n) is 8.79. The highest BCUT2D eigenvalue weighted by molar-refractivity contribution is 5.71. The summed E-state index contributed by atoms with van der Waals surface area (Å²) in [4.78, 5) is 38.2. The highest BCUT2D eigenvalue weighted by atomic mass is 16.6. The number of carbonyl (C=O) groups is 3. The first-order valence-electron chi connectivity index (χ1n) is 30.8. The summed E-state index contributed by atoms with van der Waals surface area (Å²) < 4.78 is 16.9. The second kappa shape index (κ2) is 59.7. The molecule has 0 aliphatic rings. The van der Waals surface area contributed by atoms with Gasteiger partial charge < -0.3 is 14.2 Å². The smallest absolute Gasteiger partial charge is 0.306 e. The minimum Gasteiger partial charge on any atom is -0.462 e. The molecule has 0 heterocycles. The van der Waals surface area contributed by atoms with Crippen LogP contribution in [0.4, 0.5) is 0 Å². The number of hydrogen-bond donors (Lipinski definition) is 0. The zero-order valence-corrected chi connectivity index (χ0v) is 47.2. The molecular weight excluding hydrogens is 877 g/mol. The molecule has 0 aromatic carbocycles. The molecule has 1 atom stereocenters. The minimum atomic E-state index is -0.785. The van der Waals surface area contributed by atoms with Crippen molar-refractivity contribution in [2.75, 3.05) is 13.2 Å². The molecule has 412 valence electrons. The van der Waals surface area contributed by atoms with Crippen molar-refractivity contribution in [1.82, 2.24) is 0 Å². The standard InChI is InChI=1S/C65H116O6/c1-4-7-10-13-16-19-22-25-27-29-30-31-32-33-34-35-36-37-39-40-43-46-49-52-55-58-64(67)70-61-62(60-69-63(66)57-54-51-48-45-42-24-21-18-15-12-9-6-3)71-65(68)59-56-53-50-47-44-41-38-28-26-23-20-17-14-11-8-5-2/h18,20-23,25,28-30,38,62H,4-17,19,24,26-27,31-37,39-61H2,1-3H3/b21-18-,23-20-,25-22-,30-29-,38-28-. The molecule has 6 nitrogen and oxygen atoms in total. The van der Waals surface area contributed by atoms with Gasteiger partial charge in [0.2, 0.25) is 0 Å². The van der Waals surface area contributed by atoms with Gasteiger partial charge in [-0.3, -0.25) is 14.4 Å². The van der Waals surface area contributed by atoms with E-state index >= 15 is 0 Å². The normalized spacial score (nSPS) is 12.4. The second-order valence-electron chi connectivity index (χ2n) is 20.6. The highest BCUT2D eigenvalue weighted by Crippen LogP contribution is 2.16. The number of esters is 3. The van der Waals surface area contributed by atoms with Crippen LogP contribution >= 0.6 is 0 Å². The summed E-state index contributed by atoms with van der Waals surface area (Å²) in [6.45, 7) is 6.60. The van der Waals surface area contributed by atoms with E-state index < -0.39 is 6.10 Å². The van der Waals surface area contributed by atoms with Crippen LogP contribution in [0.15, 0.2) is 60.8 Å². The first kappa shape index (κ1) is 68.1. The fourth-order valence-corrected chi connectivity index (χ4v) is 8.79. The average Bonchev–Trinajstić information content (AvgIpc) is 3.37. The van der Waals surface area contributed by atoms with Gasteiger partial charge in [0.05, 0.1) is 0 Å². The summed E-state index contributed by atoms with van der Waals surface area (Å²) in [6.07, 6.45) is 75.1. The molecule has 0 aromatic heterocycles. The molecule has 0 radical (unpaired) electrons. The number of allylic oxidation sites excluding steroid dienone is 10. The Labute approximate surface area is 440 Å². The molecular formula is C65H116O6. The van der Waals surface area contributed by atoms with Gasteiger partial charge in [-0.25, -0.2) is 0 Å². The topological polar surface area (TPSA) is 78.9 Å². The molecule has 0 fully saturated rings. The van der Waals surface area contributed by atoms with E-state index in [0.29, 0.717) is 19.3 Å². The third kappa shape index (κ3) is 57.9. The Balaban J connectivity index is 4.27. The van der Waals surface area contributed by atoms with Crippen LogP contribution in [0.2, 0.25) is 0 Å². The van der Waals surface area contributed by atoms with Gasteiger partial charge in [0.25, 0.3) is 0 Å². The van der Waals surface area contributed by atoms with Gasteiger partial charge in [-0.15, -0.1) is 0 Å². The van der Waals surface area contributed by atoms with E-state index in [1.54, 1.807) is 0 Å². The Kier molecular flexibility index (Phi) is 57.2. The maximum Gasteiger partial charge on any atom is 0.306 e. The molecule has 0 spiro atoms. The van der Waals surface area contributed by atoms with Crippen molar-refractivity contribution in [3.05, 3.63) is 60.8 Å². The van der Waals surface area contributed by atoms with Crippen molar-refractivity contribution >= 4 is 17.9 Å². The maximum atomic E-state index is 12.9. The lowest BCUT2D eigenvalue weighted by Crippen LogP contribution is -2.30. The number of unbranched alkanes of at least 4 members (excludes halogenated alkanes) is 35. The molecule has 0 aliphatic heterocycles. The number of hydrogen-bond acceptors (Lipinski definition) is 6. The Morgan fingerprint density at radius 1 is 0.282 bits per heavy atom. The predicted molar refractivity (Wildman–Crippen MR) is 307 cm³/mol. The average molecular weight is 994 g/mol. The van der Waals surface area contributed by atoms with Gasteiger partial charge in [-0.2, -0.15) is 0 Å². The van der Waals surface area contributed by atoms with E-state index in [4.69, 9.17) is 14.2 Å². The predicted octanol–water partition coefficient (Wildman–Crippen LogP) is 20.8. The summed E-state index contributed by atoms with van der Waals surface area (Å²) in [6, 6.07) is 0. The van der Waals surface area contributed by atoms with Crippen LogP contribution in [0, 0.1) is 0 Å². The van der Waals surface area contributed by atoms with Crippen LogP contribution in [0.1, 0.15) is 316 Å². The Bertz CT molecular complexity index is 1280. The zero-order valence-electron chi connectivity index (χ0n) is 47.2. The summed E-state index contributed by atoms with van der Waals surface area (Å²) in [5.41, 5.74) is 0. The van der Waals surface area contributed by atoms with E-state index in [-0.39, 0.29) is 31.1 Å². The van der Waals surface area contributed by atoms with Crippen molar-refractivity contribution in [1.29, 1.82) is 0 Å². The molecule has 6 heteroatoms. The van der Waals surface area contributed by atoms with Crippen molar-refractivity contribution in [3.8, 4) is 0 Å². The first-order valence-corrected chi connectivity index (χ1v) is 30.8. The highest BCUT2D eigenvalue weighted by Gasteiger charge is 2.19. The lowest BCUT2D eigenvalue weighted by molar-refractivity contribution is -0.167. The van der Waals surface area contributed by atoms with Crippen LogP contribution in [0.5, 0.6) is 0 Å². The summed E-state index contributed by atoms with van der Waals surface area (Å²) in [5, 5.41) is 0. The van der Waals surface area contributed by atoms with Crippen molar-refractivity contribution in [2.24, 2.45) is 0 Å². The van der Waals surface area contributed by atoms with Crippen LogP contribution in [-0.2, 0) is 28.6 Å². The molecule has 1 unspecified atom stereocenters. The SMILES string of the molecule is CCCCC/C=C\CCCCCCCC(=O)OCC(COC(=O)CCCCCCCCCCCCCCC/C=C\C/C=C\CCCCCCC)OC(=O)CCCCCCC/C=C\C/C=C\CCCCCC. The van der Waals surface area contributed by atoms with Gasteiger partial charge in [0.1, 0.15) is 13.2 Å². The van der Waals surface area contributed by atoms with E-state index in [1.807, 2.05) is 0 Å². The minimum absolute atomic E-state index is 0.0814. The van der Waals surface area contributed by atoms with Crippen LogP contribution in [0.25, 0.3) is 0 Å². The van der Waals surface area contributed by atoms with Crippen molar-refractivity contribution < 1.29 is 28.6 Å². The molecule has 0 saturated heterocycles. The van der Waals surface area contributed by atoms with E-state index in [9.17, 15) is 14.4 Å². The van der Waals surface area contributed by atoms with Gasteiger partial charge in [0, 0.05) is 19.3 Å². The molecule has 0 rings (SSSR count). The van der Waals surface area contributed by atoms with Crippen LogP contribution in [0.3, 0.4) is 0 Å². The van der Waals surface area contributed by atoms with Gasteiger partial charge in [-0.05, 0) is 109 Å². The third-order valence-electron chi connectivity index (χ3n) is 13.5. The van der Waals surface area contributed by atoms with E-state index in [1.165, 1.54) is 180 Å². The molecule has 0 bridgehead atoms. The molecule has 0 saturated carbocycles.